The van der Waals surface area contributed by atoms with E-state index in [0.29, 0.717) is 0 Å². The minimum absolute atomic E-state index is 0.189. The van der Waals surface area contributed by atoms with Crippen LogP contribution >= 0.6 is 0 Å². The van der Waals surface area contributed by atoms with Gasteiger partial charge in [-0.15, -0.1) is 0 Å². The summed E-state index contributed by atoms with van der Waals surface area (Å²) >= 11 is 0. The Kier molecular flexibility index (Phi) is 3.71. The van der Waals surface area contributed by atoms with E-state index in [1.165, 1.54) is 16.8 Å². The standard InChI is InChI=1S/C17H21N/c1-17(2,3)16-12-8-7-9-14(16)13-18-15-10-5-4-6-11-15/h4-12,18H,13H2,1-3H3. The van der Waals surface area contributed by atoms with Crippen molar-refractivity contribution in [2.75, 3.05) is 5.32 Å². The summed E-state index contributed by atoms with van der Waals surface area (Å²) in [6.45, 7) is 7.65. The Morgan fingerprint density at radius 2 is 1.44 bits per heavy atom. The summed E-state index contributed by atoms with van der Waals surface area (Å²) in [6, 6.07) is 19.0. The lowest BCUT2D eigenvalue weighted by Crippen LogP contribution is -2.15. The summed E-state index contributed by atoms with van der Waals surface area (Å²) < 4.78 is 0. The van der Waals surface area contributed by atoms with Crippen molar-refractivity contribution in [3.05, 3.63) is 65.7 Å². The summed E-state index contributed by atoms with van der Waals surface area (Å²) in [5.41, 5.74) is 4.14. The monoisotopic (exact) mass is 239 g/mol. The number of anilines is 1. The van der Waals surface area contributed by atoms with Crippen LogP contribution in [0.25, 0.3) is 0 Å². The fraction of sp³-hybridized carbons (Fsp3) is 0.294. The Morgan fingerprint density at radius 1 is 0.833 bits per heavy atom. The Hall–Kier alpha value is -1.76. The van der Waals surface area contributed by atoms with Gasteiger partial charge in [0.15, 0.2) is 0 Å². The quantitative estimate of drug-likeness (QED) is 0.825. The molecule has 1 nitrogen and oxygen atoms in total. The van der Waals surface area contributed by atoms with Gasteiger partial charge in [-0.3, -0.25) is 0 Å². The summed E-state index contributed by atoms with van der Waals surface area (Å²) in [5.74, 6) is 0. The zero-order valence-corrected chi connectivity index (χ0v) is 11.4. The molecule has 0 radical (unpaired) electrons. The molecule has 1 heteroatoms. The zero-order chi connectivity index (χ0) is 13.0. The van der Waals surface area contributed by atoms with Crippen molar-refractivity contribution >= 4 is 5.69 Å². The third-order valence-corrected chi connectivity index (χ3v) is 3.08. The van der Waals surface area contributed by atoms with Crippen molar-refractivity contribution in [2.24, 2.45) is 0 Å². The van der Waals surface area contributed by atoms with Crippen LogP contribution in [0.5, 0.6) is 0 Å². The number of rotatable bonds is 3. The van der Waals surface area contributed by atoms with Crippen LogP contribution in [0, 0.1) is 0 Å². The van der Waals surface area contributed by atoms with Crippen molar-refractivity contribution < 1.29 is 0 Å². The molecule has 0 amide bonds. The van der Waals surface area contributed by atoms with Crippen molar-refractivity contribution in [1.29, 1.82) is 0 Å². The maximum Gasteiger partial charge on any atom is 0.0403 e. The number of hydrogen-bond donors (Lipinski definition) is 1. The van der Waals surface area contributed by atoms with Crippen molar-refractivity contribution in [1.82, 2.24) is 0 Å². The van der Waals surface area contributed by atoms with Gasteiger partial charge in [-0.2, -0.15) is 0 Å². The van der Waals surface area contributed by atoms with E-state index in [4.69, 9.17) is 0 Å². The van der Waals surface area contributed by atoms with E-state index in [0.717, 1.165) is 6.54 Å². The van der Waals surface area contributed by atoms with Crippen LogP contribution in [0.15, 0.2) is 54.6 Å². The first-order valence-corrected chi connectivity index (χ1v) is 6.45. The molecule has 18 heavy (non-hydrogen) atoms. The molecule has 0 saturated carbocycles. The Bertz CT molecular complexity index is 495. The number of hydrogen-bond acceptors (Lipinski definition) is 1. The lowest BCUT2D eigenvalue weighted by molar-refractivity contribution is 0.583. The molecule has 2 rings (SSSR count). The average molecular weight is 239 g/mol. The highest BCUT2D eigenvalue weighted by Gasteiger charge is 2.16. The van der Waals surface area contributed by atoms with Gasteiger partial charge in [-0.05, 0) is 28.7 Å². The lowest BCUT2D eigenvalue weighted by Gasteiger charge is -2.23. The van der Waals surface area contributed by atoms with Crippen molar-refractivity contribution in [2.45, 2.75) is 32.7 Å². The predicted molar refractivity (Wildman–Crippen MR) is 78.9 cm³/mol. The Morgan fingerprint density at radius 3 is 2.11 bits per heavy atom. The maximum absolute atomic E-state index is 3.47. The van der Waals surface area contributed by atoms with Crippen molar-refractivity contribution in [3.63, 3.8) is 0 Å². The van der Waals surface area contributed by atoms with E-state index in [2.05, 4.69) is 74.6 Å². The molecule has 2 aromatic carbocycles. The maximum atomic E-state index is 3.47. The van der Waals surface area contributed by atoms with Gasteiger partial charge in [0.2, 0.25) is 0 Å². The minimum atomic E-state index is 0.189. The van der Waals surface area contributed by atoms with Gasteiger partial charge in [-0.25, -0.2) is 0 Å². The van der Waals surface area contributed by atoms with Gasteiger partial charge in [0.25, 0.3) is 0 Å². The third-order valence-electron chi connectivity index (χ3n) is 3.08. The molecule has 0 unspecified atom stereocenters. The molecular weight excluding hydrogens is 218 g/mol. The van der Waals surface area contributed by atoms with Crippen LogP contribution in [0.4, 0.5) is 5.69 Å². The second-order valence-corrected chi connectivity index (χ2v) is 5.63. The van der Waals surface area contributed by atoms with E-state index < -0.39 is 0 Å². The molecule has 0 bridgehead atoms. The molecule has 0 atom stereocenters. The van der Waals surface area contributed by atoms with Gasteiger partial charge in [0.05, 0.1) is 0 Å². The molecule has 0 aromatic heterocycles. The highest BCUT2D eigenvalue weighted by Crippen LogP contribution is 2.26. The van der Waals surface area contributed by atoms with Crippen LogP contribution in [0.3, 0.4) is 0 Å². The SMILES string of the molecule is CC(C)(C)c1ccccc1CNc1ccccc1. The molecular formula is C17H21N. The van der Waals surface area contributed by atoms with Gasteiger partial charge >= 0.3 is 0 Å². The molecule has 0 spiro atoms. The number of benzene rings is 2. The molecule has 0 heterocycles. The van der Waals surface area contributed by atoms with Crippen LogP contribution in [0.2, 0.25) is 0 Å². The topological polar surface area (TPSA) is 12.0 Å². The second-order valence-electron chi connectivity index (χ2n) is 5.63. The highest BCUT2D eigenvalue weighted by molar-refractivity contribution is 5.44. The van der Waals surface area contributed by atoms with Gasteiger partial charge in [0, 0.05) is 12.2 Å². The molecule has 2 aromatic rings. The number of para-hydroxylation sites is 1. The molecule has 0 aliphatic carbocycles. The summed E-state index contributed by atoms with van der Waals surface area (Å²) in [4.78, 5) is 0. The summed E-state index contributed by atoms with van der Waals surface area (Å²) in [6.07, 6.45) is 0. The van der Waals surface area contributed by atoms with Crippen LogP contribution in [-0.2, 0) is 12.0 Å². The smallest absolute Gasteiger partial charge is 0.0403 e. The van der Waals surface area contributed by atoms with E-state index in [9.17, 15) is 0 Å². The van der Waals surface area contributed by atoms with Gasteiger partial charge in [0.1, 0.15) is 0 Å². The summed E-state index contributed by atoms with van der Waals surface area (Å²) in [7, 11) is 0. The first kappa shape index (κ1) is 12.7. The van der Waals surface area contributed by atoms with E-state index in [1.54, 1.807) is 0 Å². The van der Waals surface area contributed by atoms with Crippen LogP contribution < -0.4 is 5.32 Å². The second kappa shape index (κ2) is 5.26. The molecule has 0 fully saturated rings. The van der Waals surface area contributed by atoms with Crippen LogP contribution in [0.1, 0.15) is 31.9 Å². The third kappa shape index (κ3) is 3.13. The molecule has 94 valence electrons. The summed E-state index contributed by atoms with van der Waals surface area (Å²) in [5, 5.41) is 3.47. The first-order chi connectivity index (χ1) is 8.57. The fourth-order valence-electron chi connectivity index (χ4n) is 2.16. The van der Waals surface area contributed by atoms with Crippen molar-refractivity contribution in [3.8, 4) is 0 Å². The molecule has 1 N–H and O–H groups in total. The predicted octanol–water partition coefficient (Wildman–Crippen LogP) is 4.60. The van der Waals surface area contributed by atoms with Gasteiger partial charge < -0.3 is 5.32 Å². The fourth-order valence-corrected chi connectivity index (χ4v) is 2.16. The minimum Gasteiger partial charge on any atom is -0.381 e. The van der Waals surface area contributed by atoms with E-state index in [1.807, 2.05) is 6.07 Å². The Labute approximate surface area is 110 Å². The lowest BCUT2D eigenvalue weighted by atomic mass is 9.84. The van der Waals surface area contributed by atoms with E-state index >= 15 is 0 Å². The highest BCUT2D eigenvalue weighted by atomic mass is 14.9. The normalized spacial score (nSPS) is 11.3. The van der Waals surface area contributed by atoms with Crippen LogP contribution in [-0.4, -0.2) is 0 Å². The largest absolute Gasteiger partial charge is 0.381 e. The molecule has 0 aliphatic rings. The van der Waals surface area contributed by atoms with E-state index in [-0.39, 0.29) is 5.41 Å². The average Bonchev–Trinajstić information content (AvgIpc) is 2.37. The Balaban J connectivity index is 2.15. The zero-order valence-electron chi connectivity index (χ0n) is 11.4. The first-order valence-electron chi connectivity index (χ1n) is 6.45. The molecule has 0 saturated heterocycles. The molecule has 0 aliphatic heterocycles. The number of nitrogens with one attached hydrogen (secondary N) is 1. The van der Waals surface area contributed by atoms with Gasteiger partial charge in [-0.1, -0.05) is 63.2 Å².